The van der Waals surface area contributed by atoms with E-state index in [2.05, 4.69) is 4.98 Å². The zero-order valence-electron chi connectivity index (χ0n) is 16.6. The number of esters is 1. The fourth-order valence-corrected chi connectivity index (χ4v) is 3.48. The van der Waals surface area contributed by atoms with E-state index >= 15 is 0 Å². The highest BCUT2D eigenvalue weighted by atomic mass is 19.1. The number of piperidine rings is 1. The van der Waals surface area contributed by atoms with Crippen LogP contribution in [0.1, 0.15) is 25.5 Å². The van der Waals surface area contributed by atoms with Gasteiger partial charge in [0.25, 0.3) is 5.56 Å². The molecule has 1 aromatic heterocycles. The predicted molar refractivity (Wildman–Crippen MR) is 105 cm³/mol. The maximum atomic E-state index is 13.3. The Kier molecular flexibility index (Phi) is 6.41. The van der Waals surface area contributed by atoms with Crippen LogP contribution in [0.5, 0.6) is 0 Å². The molecule has 0 N–H and O–H groups in total. The summed E-state index contributed by atoms with van der Waals surface area (Å²) in [5.74, 6) is -1.01. The van der Waals surface area contributed by atoms with Crippen molar-refractivity contribution >= 4 is 11.9 Å². The fourth-order valence-electron chi connectivity index (χ4n) is 3.48. The highest BCUT2D eigenvalue weighted by molar-refractivity contribution is 5.79. The van der Waals surface area contributed by atoms with Crippen molar-refractivity contribution in [2.45, 2.75) is 33.2 Å². The number of nitrogens with zero attached hydrogens (tertiary/aromatic N) is 3. The third-order valence-electron chi connectivity index (χ3n) is 4.93. The second-order valence-corrected chi connectivity index (χ2v) is 7.08. The van der Waals surface area contributed by atoms with Gasteiger partial charge in [0.05, 0.1) is 12.5 Å². The van der Waals surface area contributed by atoms with Gasteiger partial charge in [-0.2, -0.15) is 0 Å². The SMILES string of the molecule is CCOC(=O)[C@@H]1CCCN(C(=O)Cn2c(-c3ccc(F)cc3)nc(C)cc2=O)C1. The molecule has 7 nitrogen and oxygen atoms in total. The second kappa shape index (κ2) is 8.98. The number of amides is 1. The van der Waals surface area contributed by atoms with Crippen molar-refractivity contribution in [2.75, 3.05) is 19.7 Å². The van der Waals surface area contributed by atoms with Crippen LogP contribution in [0.15, 0.2) is 35.1 Å². The van der Waals surface area contributed by atoms with E-state index in [1.165, 1.54) is 34.9 Å². The third-order valence-corrected chi connectivity index (χ3v) is 4.93. The lowest BCUT2D eigenvalue weighted by Gasteiger charge is -2.31. The van der Waals surface area contributed by atoms with Crippen LogP contribution in [0, 0.1) is 18.7 Å². The molecule has 0 radical (unpaired) electrons. The van der Waals surface area contributed by atoms with Crippen LogP contribution in [-0.4, -0.2) is 46.0 Å². The standard InChI is InChI=1S/C21H24FN3O4/c1-3-29-21(28)16-5-4-10-24(12-16)19(27)13-25-18(26)11-14(2)23-20(25)15-6-8-17(22)9-7-15/h6-9,11,16H,3-5,10,12-13H2,1-2H3/t16-/m1/s1. The molecule has 0 saturated carbocycles. The summed E-state index contributed by atoms with van der Waals surface area (Å²) in [6.07, 6.45) is 1.37. The minimum Gasteiger partial charge on any atom is -0.466 e. The first-order valence-electron chi connectivity index (χ1n) is 9.68. The molecule has 1 saturated heterocycles. The van der Waals surface area contributed by atoms with Gasteiger partial charge in [-0.05, 0) is 51.0 Å². The molecule has 1 aromatic carbocycles. The van der Waals surface area contributed by atoms with E-state index in [-0.39, 0.29) is 36.4 Å². The summed E-state index contributed by atoms with van der Waals surface area (Å²) in [5, 5.41) is 0. The molecule has 2 heterocycles. The average molecular weight is 401 g/mol. The van der Waals surface area contributed by atoms with Gasteiger partial charge in [-0.1, -0.05) is 0 Å². The summed E-state index contributed by atoms with van der Waals surface area (Å²) in [6.45, 7) is 4.34. The second-order valence-electron chi connectivity index (χ2n) is 7.08. The Morgan fingerprint density at radius 1 is 1.28 bits per heavy atom. The molecule has 1 amide bonds. The van der Waals surface area contributed by atoms with Gasteiger partial charge in [0.2, 0.25) is 5.91 Å². The zero-order valence-corrected chi connectivity index (χ0v) is 16.6. The van der Waals surface area contributed by atoms with Crippen molar-refractivity contribution in [3.8, 4) is 11.4 Å². The van der Waals surface area contributed by atoms with Crippen LogP contribution in [0.3, 0.4) is 0 Å². The average Bonchev–Trinajstić information content (AvgIpc) is 2.70. The molecular formula is C21H24FN3O4. The van der Waals surface area contributed by atoms with E-state index in [0.717, 1.165) is 0 Å². The molecule has 0 spiro atoms. The van der Waals surface area contributed by atoms with E-state index < -0.39 is 5.82 Å². The molecule has 8 heteroatoms. The normalized spacial score (nSPS) is 16.5. The van der Waals surface area contributed by atoms with Crippen molar-refractivity contribution < 1.29 is 18.7 Å². The van der Waals surface area contributed by atoms with Gasteiger partial charge < -0.3 is 9.64 Å². The molecule has 1 atom stereocenters. The van der Waals surface area contributed by atoms with E-state index in [0.29, 0.717) is 43.1 Å². The van der Waals surface area contributed by atoms with Crippen molar-refractivity contribution in [1.82, 2.24) is 14.5 Å². The van der Waals surface area contributed by atoms with Gasteiger partial charge >= 0.3 is 5.97 Å². The fraction of sp³-hybridized carbons (Fsp3) is 0.429. The largest absolute Gasteiger partial charge is 0.466 e. The molecule has 29 heavy (non-hydrogen) atoms. The number of carbonyl (C=O) groups excluding carboxylic acids is 2. The monoisotopic (exact) mass is 401 g/mol. The minimum absolute atomic E-state index is 0.200. The molecule has 1 aliphatic rings. The van der Waals surface area contributed by atoms with Crippen LogP contribution in [0.25, 0.3) is 11.4 Å². The summed E-state index contributed by atoms with van der Waals surface area (Å²) < 4.78 is 19.6. The maximum absolute atomic E-state index is 13.3. The third kappa shape index (κ3) is 4.88. The van der Waals surface area contributed by atoms with Crippen molar-refractivity contribution in [3.05, 3.63) is 52.2 Å². The highest BCUT2D eigenvalue weighted by Crippen LogP contribution is 2.20. The van der Waals surface area contributed by atoms with E-state index in [9.17, 15) is 18.8 Å². The smallest absolute Gasteiger partial charge is 0.310 e. The minimum atomic E-state index is -0.398. The number of halogens is 1. The first-order valence-corrected chi connectivity index (χ1v) is 9.68. The quantitative estimate of drug-likeness (QED) is 0.717. The number of hydrogen-bond acceptors (Lipinski definition) is 5. The number of aromatic nitrogens is 2. The Hall–Kier alpha value is -3.03. The van der Waals surface area contributed by atoms with E-state index in [1.54, 1.807) is 18.7 Å². The Morgan fingerprint density at radius 3 is 2.69 bits per heavy atom. The molecule has 1 fully saturated rings. The molecule has 154 valence electrons. The van der Waals surface area contributed by atoms with Gasteiger partial charge in [-0.25, -0.2) is 9.37 Å². The Morgan fingerprint density at radius 2 is 2.00 bits per heavy atom. The summed E-state index contributed by atoms with van der Waals surface area (Å²) in [5.41, 5.74) is 0.700. The zero-order chi connectivity index (χ0) is 21.0. The van der Waals surface area contributed by atoms with Crippen LogP contribution in [0.2, 0.25) is 0 Å². The number of hydrogen-bond donors (Lipinski definition) is 0. The Balaban J connectivity index is 1.84. The lowest BCUT2D eigenvalue weighted by molar-refractivity contribution is -0.151. The molecule has 0 aliphatic carbocycles. The van der Waals surface area contributed by atoms with Crippen LogP contribution in [0.4, 0.5) is 4.39 Å². The van der Waals surface area contributed by atoms with Crippen LogP contribution < -0.4 is 5.56 Å². The summed E-state index contributed by atoms with van der Waals surface area (Å²) in [6, 6.07) is 6.97. The lowest BCUT2D eigenvalue weighted by Crippen LogP contribution is -2.45. The van der Waals surface area contributed by atoms with Crippen molar-refractivity contribution in [1.29, 1.82) is 0 Å². The first-order chi connectivity index (χ1) is 13.9. The summed E-state index contributed by atoms with van der Waals surface area (Å²) >= 11 is 0. The maximum Gasteiger partial charge on any atom is 0.310 e. The molecule has 0 unspecified atom stereocenters. The van der Waals surface area contributed by atoms with Crippen LogP contribution in [-0.2, 0) is 20.9 Å². The number of benzene rings is 1. The number of ether oxygens (including phenoxy) is 1. The van der Waals surface area contributed by atoms with Crippen molar-refractivity contribution in [2.24, 2.45) is 5.92 Å². The molecule has 1 aliphatic heterocycles. The lowest BCUT2D eigenvalue weighted by atomic mass is 9.98. The van der Waals surface area contributed by atoms with E-state index in [1.807, 2.05) is 0 Å². The number of aryl methyl sites for hydroxylation is 1. The predicted octanol–water partition coefficient (Wildman–Crippen LogP) is 2.16. The Bertz CT molecular complexity index is 955. The van der Waals surface area contributed by atoms with Gasteiger partial charge in [0.15, 0.2) is 0 Å². The highest BCUT2D eigenvalue weighted by Gasteiger charge is 2.29. The van der Waals surface area contributed by atoms with E-state index in [4.69, 9.17) is 4.74 Å². The molecule has 2 aromatic rings. The summed E-state index contributed by atoms with van der Waals surface area (Å²) in [4.78, 5) is 43.5. The molecular weight excluding hydrogens is 377 g/mol. The van der Waals surface area contributed by atoms with Crippen molar-refractivity contribution in [3.63, 3.8) is 0 Å². The Labute approximate surface area is 168 Å². The van der Waals surface area contributed by atoms with Gasteiger partial charge in [0.1, 0.15) is 18.2 Å². The van der Waals surface area contributed by atoms with Gasteiger partial charge in [-0.15, -0.1) is 0 Å². The first kappa shape index (κ1) is 20.7. The topological polar surface area (TPSA) is 81.5 Å². The van der Waals surface area contributed by atoms with Gasteiger partial charge in [-0.3, -0.25) is 19.0 Å². The molecule has 3 rings (SSSR count). The van der Waals surface area contributed by atoms with Gasteiger partial charge in [0, 0.05) is 30.4 Å². The molecule has 0 bridgehead atoms. The summed E-state index contributed by atoms with van der Waals surface area (Å²) in [7, 11) is 0. The number of rotatable bonds is 5. The van der Waals surface area contributed by atoms with Crippen LogP contribution >= 0.6 is 0 Å². The number of carbonyl (C=O) groups is 2. The number of likely N-dealkylation sites (tertiary alicyclic amines) is 1.